The second-order valence-corrected chi connectivity index (χ2v) is 6.29. The van der Waals surface area contributed by atoms with E-state index in [0.717, 1.165) is 5.56 Å². The molecule has 3 rings (SSSR count). The lowest BCUT2D eigenvalue weighted by molar-refractivity contribution is -0.385. The largest absolute Gasteiger partial charge is 0.462 e. The Kier molecular flexibility index (Phi) is 6.49. The third-order valence-electron chi connectivity index (χ3n) is 4.36. The van der Waals surface area contributed by atoms with Crippen molar-refractivity contribution in [3.63, 3.8) is 0 Å². The van der Waals surface area contributed by atoms with Crippen LogP contribution in [0, 0.1) is 10.1 Å². The van der Waals surface area contributed by atoms with Gasteiger partial charge in [0.15, 0.2) is 0 Å². The van der Waals surface area contributed by atoms with Crippen LogP contribution in [0.2, 0.25) is 0 Å². The third kappa shape index (κ3) is 4.67. The van der Waals surface area contributed by atoms with Crippen molar-refractivity contribution in [3.05, 3.63) is 99.9 Å². The van der Waals surface area contributed by atoms with E-state index in [2.05, 4.69) is 4.98 Å². The predicted octanol–water partition coefficient (Wildman–Crippen LogP) is 4.01. The van der Waals surface area contributed by atoms with Crippen LogP contribution in [-0.2, 0) is 11.3 Å². The number of ether oxygens (including phenoxy) is 1. The van der Waals surface area contributed by atoms with Crippen molar-refractivity contribution in [3.8, 4) is 0 Å². The molecule has 0 bridgehead atoms. The van der Waals surface area contributed by atoms with E-state index in [1.807, 2.05) is 0 Å². The minimum atomic E-state index is -0.582. The quantitative estimate of drug-likeness (QED) is 0.334. The summed E-state index contributed by atoms with van der Waals surface area (Å²) in [6, 6.07) is 15.7. The normalized spacial score (nSPS) is 10.3. The number of esters is 1. The molecular weight excluding hydrogens is 386 g/mol. The highest BCUT2D eigenvalue weighted by atomic mass is 16.6. The second kappa shape index (κ2) is 9.42. The molecule has 0 fully saturated rings. The Hall–Kier alpha value is -4.07. The van der Waals surface area contributed by atoms with Crippen LogP contribution in [0.1, 0.15) is 33.2 Å². The molecule has 8 nitrogen and oxygen atoms in total. The number of nitro groups is 1. The van der Waals surface area contributed by atoms with Gasteiger partial charge in [0, 0.05) is 24.1 Å². The molecule has 0 aliphatic heterocycles. The Labute approximate surface area is 172 Å². The van der Waals surface area contributed by atoms with Gasteiger partial charge in [-0.1, -0.05) is 12.1 Å². The molecule has 2 aromatic carbocycles. The summed E-state index contributed by atoms with van der Waals surface area (Å²) >= 11 is 0. The minimum absolute atomic E-state index is 0.0222. The number of para-hydroxylation sites is 1. The van der Waals surface area contributed by atoms with E-state index in [1.165, 1.54) is 23.1 Å². The molecule has 152 valence electrons. The lowest BCUT2D eigenvalue weighted by Crippen LogP contribution is -2.31. The maximum atomic E-state index is 13.3. The Bertz CT molecular complexity index is 1050. The summed E-state index contributed by atoms with van der Waals surface area (Å²) < 4.78 is 4.98. The van der Waals surface area contributed by atoms with Crippen molar-refractivity contribution in [2.45, 2.75) is 13.5 Å². The Morgan fingerprint density at radius 3 is 2.33 bits per heavy atom. The number of nitro benzene ring substituents is 1. The fourth-order valence-corrected chi connectivity index (χ4v) is 2.90. The Morgan fingerprint density at radius 1 is 1.03 bits per heavy atom. The molecule has 1 amide bonds. The molecular formula is C22H19N3O5. The highest BCUT2D eigenvalue weighted by Gasteiger charge is 2.25. The number of carbonyl (C=O) groups is 2. The van der Waals surface area contributed by atoms with E-state index >= 15 is 0 Å². The van der Waals surface area contributed by atoms with Crippen LogP contribution in [0.3, 0.4) is 0 Å². The van der Waals surface area contributed by atoms with Crippen molar-refractivity contribution < 1.29 is 19.2 Å². The fourth-order valence-electron chi connectivity index (χ4n) is 2.90. The van der Waals surface area contributed by atoms with Crippen LogP contribution >= 0.6 is 0 Å². The van der Waals surface area contributed by atoms with Crippen LogP contribution < -0.4 is 4.90 Å². The van der Waals surface area contributed by atoms with Crippen LogP contribution in [0.5, 0.6) is 0 Å². The molecule has 0 aliphatic carbocycles. The van der Waals surface area contributed by atoms with Crippen molar-refractivity contribution in [1.29, 1.82) is 0 Å². The summed E-state index contributed by atoms with van der Waals surface area (Å²) in [5, 5.41) is 11.4. The fraction of sp³-hybridized carbons (Fsp3) is 0.136. The number of rotatable bonds is 7. The number of anilines is 1. The van der Waals surface area contributed by atoms with Crippen LogP contribution in [0.25, 0.3) is 0 Å². The van der Waals surface area contributed by atoms with E-state index in [-0.39, 0.29) is 24.4 Å². The van der Waals surface area contributed by atoms with Gasteiger partial charge in [-0.15, -0.1) is 0 Å². The third-order valence-corrected chi connectivity index (χ3v) is 4.36. The first-order valence-corrected chi connectivity index (χ1v) is 9.22. The number of pyridine rings is 1. The van der Waals surface area contributed by atoms with Crippen molar-refractivity contribution >= 4 is 23.3 Å². The lowest BCUT2D eigenvalue weighted by Gasteiger charge is -2.23. The van der Waals surface area contributed by atoms with Gasteiger partial charge in [0.25, 0.3) is 11.6 Å². The number of nitrogens with zero attached hydrogens (tertiary/aromatic N) is 3. The van der Waals surface area contributed by atoms with E-state index in [0.29, 0.717) is 11.3 Å². The maximum Gasteiger partial charge on any atom is 0.338 e. The summed E-state index contributed by atoms with van der Waals surface area (Å²) in [4.78, 5) is 41.4. The number of aromatic nitrogens is 1. The average molecular weight is 405 g/mol. The monoisotopic (exact) mass is 405 g/mol. The van der Waals surface area contributed by atoms with E-state index in [9.17, 15) is 19.7 Å². The van der Waals surface area contributed by atoms with Gasteiger partial charge in [-0.25, -0.2) is 4.79 Å². The van der Waals surface area contributed by atoms with Gasteiger partial charge < -0.3 is 9.64 Å². The SMILES string of the molecule is CCOC(=O)c1ccc(N(Cc2ccncc2)C(=O)c2ccccc2[N+](=O)[O-])cc1. The first-order chi connectivity index (χ1) is 14.5. The molecule has 0 saturated heterocycles. The first-order valence-electron chi connectivity index (χ1n) is 9.22. The summed E-state index contributed by atoms with van der Waals surface area (Å²) in [5.74, 6) is -0.988. The van der Waals surface area contributed by atoms with E-state index in [1.54, 1.807) is 61.8 Å². The summed E-state index contributed by atoms with van der Waals surface area (Å²) in [6.07, 6.45) is 3.21. The number of amides is 1. The van der Waals surface area contributed by atoms with Crippen LogP contribution in [-0.4, -0.2) is 28.4 Å². The molecule has 30 heavy (non-hydrogen) atoms. The van der Waals surface area contributed by atoms with Gasteiger partial charge >= 0.3 is 5.97 Å². The van der Waals surface area contributed by atoms with Crippen molar-refractivity contribution in [2.75, 3.05) is 11.5 Å². The van der Waals surface area contributed by atoms with Crippen molar-refractivity contribution in [2.24, 2.45) is 0 Å². The molecule has 0 unspecified atom stereocenters. The molecule has 0 atom stereocenters. The lowest BCUT2D eigenvalue weighted by atomic mass is 10.1. The Balaban J connectivity index is 2.00. The number of hydrogen-bond donors (Lipinski definition) is 0. The zero-order valence-corrected chi connectivity index (χ0v) is 16.2. The standard InChI is InChI=1S/C22H19N3O5/c1-2-30-22(27)17-7-9-18(10-8-17)24(15-16-11-13-23-14-12-16)21(26)19-5-3-4-6-20(19)25(28)29/h3-14H,2,15H2,1H3. The topological polar surface area (TPSA) is 103 Å². The highest BCUT2D eigenvalue weighted by Crippen LogP contribution is 2.25. The molecule has 1 aromatic heterocycles. The van der Waals surface area contributed by atoms with Crippen molar-refractivity contribution in [1.82, 2.24) is 4.98 Å². The maximum absolute atomic E-state index is 13.3. The van der Waals surface area contributed by atoms with Crippen LogP contribution in [0.15, 0.2) is 73.1 Å². The molecule has 0 spiro atoms. The van der Waals surface area contributed by atoms with Gasteiger partial charge in [-0.05, 0) is 55.0 Å². The number of benzene rings is 2. The summed E-state index contributed by atoms with van der Waals surface area (Å²) in [7, 11) is 0. The van der Waals surface area contributed by atoms with Crippen LogP contribution in [0.4, 0.5) is 11.4 Å². The van der Waals surface area contributed by atoms with E-state index in [4.69, 9.17) is 4.74 Å². The molecule has 0 N–H and O–H groups in total. The summed E-state index contributed by atoms with van der Waals surface area (Å²) in [6.45, 7) is 2.14. The predicted molar refractivity (Wildman–Crippen MR) is 110 cm³/mol. The molecule has 8 heteroatoms. The van der Waals surface area contributed by atoms with E-state index < -0.39 is 16.8 Å². The average Bonchev–Trinajstić information content (AvgIpc) is 2.78. The first kappa shape index (κ1) is 20.7. The molecule has 0 aliphatic rings. The number of hydrogen-bond acceptors (Lipinski definition) is 6. The van der Waals surface area contributed by atoms with Gasteiger partial charge in [0.05, 0.1) is 23.6 Å². The second-order valence-electron chi connectivity index (χ2n) is 6.29. The Morgan fingerprint density at radius 2 is 1.70 bits per heavy atom. The van der Waals surface area contributed by atoms with Gasteiger partial charge in [-0.3, -0.25) is 19.9 Å². The summed E-state index contributed by atoms with van der Waals surface area (Å²) in [5.41, 5.74) is 1.34. The number of carbonyl (C=O) groups excluding carboxylic acids is 2. The van der Waals surface area contributed by atoms with Gasteiger partial charge in [0.2, 0.25) is 0 Å². The highest BCUT2D eigenvalue weighted by molar-refractivity contribution is 6.08. The molecule has 3 aromatic rings. The zero-order valence-electron chi connectivity index (χ0n) is 16.2. The molecule has 0 radical (unpaired) electrons. The minimum Gasteiger partial charge on any atom is -0.462 e. The zero-order chi connectivity index (χ0) is 21.5. The molecule has 0 saturated carbocycles. The van der Waals surface area contributed by atoms with Gasteiger partial charge in [0.1, 0.15) is 5.56 Å². The molecule has 1 heterocycles. The smallest absolute Gasteiger partial charge is 0.338 e. The van der Waals surface area contributed by atoms with Gasteiger partial charge in [-0.2, -0.15) is 0 Å².